The molecule has 0 aliphatic rings. The molecule has 1 atom stereocenters. The molecule has 0 aliphatic carbocycles. The van der Waals surface area contributed by atoms with E-state index in [9.17, 15) is 4.79 Å². The molecular weight excluding hydrogens is 334 g/mol. The lowest BCUT2D eigenvalue weighted by molar-refractivity contribution is -0.150. The Morgan fingerprint density at radius 2 is 1.56 bits per heavy atom. The highest BCUT2D eigenvalue weighted by Gasteiger charge is 2.25. The number of carbonyl (C=O) groups excluding carboxylic acids is 1. The van der Waals surface area contributed by atoms with Gasteiger partial charge < -0.3 is 0 Å². The SMILES string of the molecule is C=CC(c1ccc(C)cc1)N(OCc1ccccc1)C(=O)c1ccccc1. The summed E-state index contributed by atoms with van der Waals surface area (Å²) in [6.45, 7) is 6.27. The summed E-state index contributed by atoms with van der Waals surface area (Å²) in [5, 5.41) is 1.42. The first-order valence-corrected chi connectivity index (χ1v) is 8.93. The van der Waals surface area contributed by atoms with Crippen LogP contribution in [0.15, 0.2) is 97.6 Å². The van der Waals surface area contributed by atoms with Crippen LogP contribution in [0, 0.1) is 6.92 Å². The fraction of sp³-hybridized carbons (Fsp3) is 0.125. The Kier molecular flexibility index (Phi) is 6.18. The van der Waals surface area contributed by atoms with Crippen molar-refractivity contribution in [1.82, 2.24) is 5.06 Å². The molecule has 3 aromatic rings. The lowest BCUT2D eigenvalue weighted by atomic mass is 10.0. The van der Waals surface area contributed by atoms with Gasteiger partial charge in [0.05, 0.1) is 0 Å². The Morgan fingerprint density at radius 1 is 0.963 bits per heavy atom. The van der Waals surface area contributed by atoms with Crippen LogP contribution in [0.1, 0.15) is 33.1 Å². The van der Waals surface area contributed by atoms with E-state index in [0.29, 0.717) is 12.2 Å². The summed E-state index contributed by atoms with van der Waals surface area (Å²) in [5.41, 5.74) is 3.68. The number of amides is 1. The van der Waals surface area contributed by atoms with Crippen LogP contribution < -0.4 is 0 Å². The number of rotatable bonds is 7. The van der Waals surface area contributed by atoms with Gasteiger partial charge in [-0.2, -0.15) is 0 Å². The van der Waals surface area contributed by atoms with E-state index in [1.54, 1.807) is 18.2 Å². The zero-order chi connectivity index (χ0) is 19.1. The first-order valence-electron chi connectivity index (χ1n) is 8.93. The number of aryl methyl sites for hydroxylation is 1. The topological polar surface area (TPSA) is 29.5 Å². The predicted octanol–water partition coefficient (Wildman–Crippen LogP) is 5.50. The third kappa shape index (κ3) is 4.72. The molecule has 0 N–H and O–H groups in total. The van der Waals surface area contributed by atoms with Gasteiger partial charge in [0.15, 0.2) is 0 Å². The van der Waals surface area contributed by atoms with E-state index >= 15 is 0 Å². The molecule has 1 amide bonds. The molecule has 3 aromatic carbocycles. The van der Waals surface area contributed by atoms with E-state index in [1.807, 2.05) is 79.7 Å². The Morgan fingerprint density at radius 3 is 2.15 bits per heavy atom. The van der Waals surface area contributed by atoms with Crippen LogP contribution >= 0.6 is 0 Å². The van der Waals surface area contributed by atoms with Gasteiger partial charge >= 0.3 is 0 Å². The van der Waals surface area contributed by atoms with Crippen molar-refractivity contribution in [2.75, 3.05) is 0 Å². The van der Waals surface area contributed by atoms with Crippen molar-refractivity contribution in [3.63, 3.8) is 0 Å². The molecule has 27 heavy (non-hydrogen) atoms. The molecule has 0 aliphatic heterocycles. The van der Waals surface area contributed by atoms with Crippen molar-refractivity contribution >= 4 is 5.91 Å². The van der Waals surface area contributed by atoms with E-state index in [-0.39, 0.29) is 11.9 Å². The van der Waals surface area contributed by atoms with Crippen LogP contribution in [0.25, 0.3) is 0 Å². The number of hydrogen-bond acceptors (Lipinski definition) is 2. The molecule has 0 saturated carbocycles. The van der Waals surface area contributed by atoms with Crippen LogP contribution in [-0.4, -0.2) is 11.0 Å². The van der Waals surface area contributed by atoms with Gasteiger partial charge in [-0.1, -0.05) is 84.4 Å². The standard InChI is InChI=1S/C24H23NO2/c1-3-23(21-16-14-19(2)15-17-21)25(24(26)22-12-8-5-9-13-22)27-18-20-10-6-4-7-11-20/h3-17,23H,1,18H2,2H3. The predicted molar refractivity (Wildman–Crippen MR) is 108 cm³/mol. The van der Waals surface area contributed by atoms with E-state index < -0.39 is 0 Å². The summed E-state index contributed by atoms with van der Waals surface area (Å²) >= 11 is 0. The summed E-state index contributed by atoms with van der Waals surface area (Å²) < 4.78 is 0. The molecule has 0 fully saturated rings. The van der Waals surface area contributed by atoms with Crippen molar-refractivity contribution in [2.45, 2.75) is 19.6 Å². The second-order valence-electron chi connectivity index (χ2n) is 6.35. The number of hydroxylamine groups is 2. The third-order valence-corrected chi connectivity index (χ3v) is 4.33. The van der Waals surface area contributed by atoms with Crippen LogP contribution in [0.2, 0.25) is 0 Å². The second kappa shape index (κ2) is 8.97. The quantitative estimate of drug-likeness (QED) is 0.413. The molecule has 0 spiro atoms. The molecule has 3 heteroatoms. The summed E-state index contributed by atoms with van der Waals surface area (Å²) in [4.78, 5) is 19.2. The largest absolute Gasteiger partial charge is 0.278 e. The monoisotopic (exact) mass is 357 g/mol. The maximum atomic E-state index is 13.2. The second-order valence-corrected chi connectivity index (χ2v) is 6.35. The highest BCUT2D eigenvalue weighted by Crippen LogP contribution is 2.25. The van der Waals surface area contributed by atoms with Gasteiger partial charge in [0.2, 0.25) is 0 Å². The normalized spacial score (nSPS) is 11.6. The number of carbonyl (C=O) groups is 1. The summed E-state index contributed by atoms with van der Waals surface area (Å²) in [7, 11) is 0. The minimum atomic E-state index is -0.387. The van der Waals surface area contributed by atoms with Gasteiger partial charge in [0.1, 0.15) is 12.6 Å². The smallest absolute Gasteiger partial charge is 0.267 e. The maximum Gasteiger partial charge on any atom is 0.278 e. The molecule has 1 unspecified atom stereocenters. The maximum absolute atomic E-state index is 13.2. The van der Waals surface area contributed by atoms with Crippen LogP contribution in [0.5, 0.6) is 0 Å². The molecule has 0 bridgehead atoms. The fourth-order valence-corrected chi connectivity index (χ4v) is 2.82. The molecule has 0 saturated heterocycles. The van der Waals surface area contributed by atoms with Crippen LogP contribution in [0.3, 0.4) is 0 Å². The Bertz CT molecular complexity index is 873. The van der Waals surface area contributed by atoms with Crippen molar-refractivity contribution in [3.05, 3.63) is 120 Å². The Balaban J connectivity index is 1.90. The molecular formula is C24H23NO2. The number of hydrogen-bond donors (Lipinski definition) is 0. The summed E-state index contributed by atoms with van der Waals surface area (Å²) in [6, 6.07) is 26.6. The highest BCUT2D eigenvalue weighted by molar-refractivity contribution is 5.93. The van der Waals surface area contributed by atoms with E-state index in [0.717, 1.165) is 16.7 Å². The van der Waals surface area contributed by atoms with Crippen molar-refractivity contribution in [2.24, 2.45) is 0 Å². The van der Waals surface area contributed by atoms with Crippen molar-refractivity contribution in [3.8, 4) is 0 Å². The number of benzene rings is 3. The third-order valence-electron chi connectivity index (χ3n) is 4.33. The van der Waals surface area contributed by atoms with E-state index in [2.05, 4.69) is 6.58 Å². The zero-order valence-electron chi connectivity index (χ0n) is 15.4. The van der Waals surface area contributed by atoms with Gasteiger partial charge in [0, 0.05) is 5.56 Å². The van der Waals surface area contributed by atoms with Crippen LogP contribution in [-0.2, 0) is 11.4 Å². The van der Waals surface area contributed by atoms with Gasteiger partial charge in [0.25, 0.3) is 5.91 Å². The molecule has 0 aromatic heterocycles. The van der Waals surface area contributed by atoms with E-state index in [1.165, 1.54) is 5.06 Å². The average Bonchev–Trinajstić information content (AvgIpc) is 2.73. The average molecular weight is 357 g/mol. The molecule has 3 nitrogen and oxygen atoms in total. The minimum absolute atomic E-state index is 0.197. The molecule has 3 rings (SSSR count). The Hall–Kier alpha value is -3.17. The lowest BCUT2D eigenvalue weighted by Gasteiger charge is -2.29. The first kappa shape index (κ1) is 18.6. The van der Waals surface area contributed by atoms with Gasteiger partial charge in [-0.3, -0.25) is 9.63 Å². The van der Waals surface area contributed by atoms with Gasteiger partial charge in [-0.05, 0) is 30.2 Å². The first-order chi connectivity index (χ1) is 13.2. The van der Waals surface area contributed by atoms with Gasteiger partial charge in [-0.25, -0.2) is 5.06 Å². The molecule has 0 radical (unpaired) electrons. The Labute approximate surface area is 160 Å². The zero-order valence-corrected chi connectivity index (χ0v) is 15.4. The number of nitrogens with zero attached hydrogens (tertiary/aromatic N) is 1. The lowest BCUT2D eigenvalue weighted by Crippen LogP contribution is -2.34. The summed E-state index contributed by atoms with van der Waals surface area (Å²) in [6.07, 6.45) is 1.73. The fourth-order valence-electron chi connectivity index (χ4n) is 2.82. The van der Waals surface area contributed by atoms with Crippen LogP contribution in [0.4, 0.5) is 0 Å². The van der Waals surface area contributed by atoms with E-state index in [4.69, 9.17) is 4.84 Å². The van der Waals surface area contributed by atoms with Crippen molar-refractivity contribution < 1.29 is 9.63 Å². The van der Waals surface area contributed by atoms with Crippen molar-refractivity contribution in [1.29, 1.82) is 0 Å². The minimum Gasteiger partial charge on any atom is -0.267 e. The van der Waals surface area contributed by atoms with Gasteiger partial charge in [-0.15, -0.1) is 6.58 Å². The summed E-state index contributed by atoms with van der Waals surface area (Å²) in [5.74, 6) is -0.197. The highest BCUT2D eigenvalue weighted by atomic mass is 16.7. The molecule has 136 valence electrons. The molecule has 0 heterocycles.